The Balaban J connectivity index is 1.94. The van der Waals surface area contributed by atoms with E-state index in [1.165, 1.54) is 25.7 Å². The Kier molecular flexibility index (Phi) is 4.45. The Morgan fingerprint density at radius 2 is 2.06 bits per heavy atom. The zero-order valence-electron chi connectivity index (χ0n) is 11.7. The summed E-state index contributed by atoms with van der Waals surface area (Å²) >= 11 is 0. The fourth-order valence-corrected chi connectivity index (χ4v) is 3.42. The van der Waals surface area contributed by atoms with Crippen molar-refractivity contribution < 1.29 is 4.74 Å². The van der Waals surface area contributed by atoms with Crippen LogP contribution in [-0.4, -0.2) is 48.8 Å². The molecule has 2 fully saturated rings. The lowest BCUT2D eigenvalue weighted by Crippen LogP contribution is -2.58. The van der Waals surface area contributed by atoms with Gasteiger partial charge in [-0.1, -0.05) is 19.8 Å². The summed E-state index contributed by atoms with van der Waals surface area (Å²) in [7, 11) is 0. The predicted molar refractivity (Wildman–Crippen MR) is 71.3 cm³/mol. The van der Waals surface area contributed by atoms with Crippen molar-refractivity contribution in [2.75, 3.05) is 26.2 Å². The van der Waals surface area contributed by atoms with Crippen molar-refractivity contribution >= 4 is 0 Å². The van der Waals surface area contributed by atoms with Crippen molar-refractivity contribution in [1.82, 2.24) is 10.2 Å². The third-order valence-electron chi connectivity index (χ3n) is 4.10. The zero-order chi connectivity index (χ0) is 12.3. The van der Waals surface area contributed by atoms with E-state index in [2.05, 4.69) is 31.0 Å². The number of likely N-dealkylation sites (N-methyl/N-ethyl adjacent to an activating group) is 1. The second kappa shape index (κ2) is 5.68. The first-order valence-corrected chi connectivity index (χ1v) is 7.23. The molecule has 0 spiro atoms. The molecule has 3 heteroatoms. The molecule has 2 atom stereocenters. The molecule has 1 aliphatic heterocycles. The monoisotopic (exact) mass is 240 g/mol. The third kappa shape index (κ3) is 3.43. The first-order valence-electron chi connectivity index (χ1n) is 7.23. The van der Waals surface area contributed by atoms with E-state index in [1.54, 1.807) is 0 Å². The third-order valence-corrected chi connectivity index (χ3v) is 4.10. The minimum Gasteiger partial charge on any atom is -0.375 e. The molecule has 0 bridgehead atoms. The summed E-state index contributed by atoms with van der Waals surface area (Å²) in [4.78, 5) is 2.66. The standard InChI is InChI=1S/C14H28N2O/c1-4-15-14(2,3)11-16-9-10-17-13-8-6-5-7-12(13)16/h12-13,15H,4-11H2,1-3H3. The molecule has 1 heterocycles. The van der Waals surface area contributed by atoms with Gasteiger partial charge in [-0.15, -0.1) is 0 Å². The number of nitrogens with one attached hydrogen (secondary N) is 1. The molecule has 0 radical (unpaired) electrons. The van der Waals surface area contributed by atoms with Crippen molar-refractivity contribution in [3.05, 3.63) is 0 Å². The summed E-state index contributed by atoms with van der Waals surface area (Å²) in [6.45, 7) is 11.0. The number of hydrogen-bond donors (Lipinski definition) is 1. The van der Waals surface area contributed by atoms with Crippen LogP contribution in [0.15, 0.2) is 0 Å². The molecule has 1 N–H and O–H groups in total. The van der Waals surface area contributed by atoms with Crippen LogP contribution in [0.1, 0.15) is 46.5 Å². The Morgan fingerprint density at radius 3 is 2.82 bits per heavy atom. The van der Waals surface area contributed by atoms with E-state index in [0.717, 1.165) is 26.2 Å². The first kappa shape index (κ1) is 13.3. The molecule has 3 nitrogen and oxygen atoms in total. The highest BCUT2D eigenvalue weighted by atomic mass is 16.5. The molecule has 1 saturated heterocycles. The quantitative estimate of drug-likeness (QED) is 0.813. The molecule has 17 heavy (non-hydrogen) atoms. The Morgan fingerprint density at radius 1 is 1.29 bits per heavy atom. The molecular weight excluding hydrogens is 212 g/mol. The highest BCUT2D eigenvalue weighted by Gasteiger charge is 2.36. The molecule has 2 rings (SSSR count). The van der Waals surface area contributed by atoms with Gasteiger partial charge >= 0.3 is 0 Å². The molecule has 1 saturated carbocycles. The summed E-state index contributed by atoms with van der Waals surface area (Å²) in [6, 6.07) is 0.676. The van der Waals surface area contributed by atoms with Crippen LogP contribution >= 0.6 is 0 Å². The number of hydrogen-bond acceptors (Lipinski definition) is 3. The van der Waals surface area contributed by atoms with Crippen molar-refractivity contribution in [3.8, 4) is 0 Å². The molecular formula is C14H28N2O. The van der Waals surface area contributed by atoms with Gasteiger partial charge in [0.05, 0.1) is 12.7 Å². The van der Waals surface area contributed by atoms with Crippen LogP contribution < -0.4 is 5.32 Å². The molecule has 100 valence electrons. The van der Waals surface area contributed by atoms with Crippen LogP contribution in [0.5, 0.6) is 0 Å². The minimum absolute atomic E-state index is 0.216. The summed E-state index contributed by atoms with van der Waals surface area (Å²) in [5.74, 6) is 0. The summed E-state index contributed by atoms with van der Waals surface area (Å²) in [6.07, 6.45) is 5.83. The number of nitrogens with zero attached hydrogens (tertiary/aromatic N) is 1. The Bertz CT molecular complexity index is 240. The lowest BCUT2D eigenvalue weighted by atomic mass is 9.89. The lowest BCUT2D eigenvalue weighted by Gasteiger charge is -2.46. The number of morpholine rings is 1. The van der Waals surface area contributed by atoms with E-state index in [1.807, 2.05) is 0 Å². The predicted octanol–water partition coefficient (Wildman–Crippen LogP) is 2.02. The summed E-state index contributed by atoms with van der Waals surface area (Å²) in [5, 5.41) is 3.58. The average molecular weight is 240 g/mol. The van der Waals surface area contributed by atoms with E-state index in [9.17, 15) is 0 Å². The van der Waals surface area contributed by atoms with Gasteiger partial charge in [0.1, 0.15) is 0 Å². The van der Waals surface area contributed by atoms with Gasteiger partial charge in [-0.3, -0.25) is 4.90 Å². The van der Waals surface area contributed by atoms with E-state index >= 15 is 0 Å². The molecule has 2 unspecified atom stereocenters. The van der Waals surface area contributed by atoms with Crippen molar-refractivity contribution in [1.29, 1.82) is 0 Å². The van der Waals surface area contributed by atoms with Crippen LogP contribution in [0, 0.1) is 0 Å². The SMILES string of the molecule is CCNC(C)(C)CN1CCOC2CCCCC21. The van der Waals surface area contributed by atoms with Crippen LogP contribution in [-0.2, 0) is 4.74 Å². The normalized spacial score (nSPS) is 31.2. The zero-order valence-corrected chi connectivity index (χ0v) is 11.7. The van der Waals surface area contributed by atoms with E-state index in [-0.39, 0.29) is 5.54 Å². The van der Waals surface area contributed by atoms with Crippen molar-refractivity contribution in [3.63, 3.8) is 0 Å². The highest BCUT2D eigenvalue weighted by molar-refractivity contribution is 4.91. The first-order chi connectivity index (χ1) is 8.12. The van der Waals surface area contributed by atoms with Gasteiger partial charge in [0, 0.05) is 24.7 Å². The molecule has 0 aromatic heterocycles. The van der Waals surface area contributed by atoms with Crippen molar-refractivity contribution in [2.45, 2.75) is 64.1 Å². The van der Waals surface area contributed by atoms with Crippen LogP contribution in [0.3, 0.4) is 0 Å². The van der Waals surface area contributed by atoms with Gasteiger partial charge in [0.2, 0.25) is 0 Å². The maximum atomic E-state index is 5.92. The maximum Gasteiger partial charge on any atom is 0.0730 e. The number of fused-ring (bicyclic) bond motifs is 1. The highest BCUT2D eigenvalue weighted by Crippen LogP contribution is 2.29. The Hall–Kier alpha value is -0.120. The largest absolute Gasteiger partial charge is 0.375 e. The second-order valence-electron chi connectivity index (χ2n) is 6.15. The average Bonchev–Trinajstić information content (AvgIpc) is 2.29. The van der Waals surface area contributed by atoms with Crippen LogP contribution in [0.2, 0.25) is 0 Å². The van der Waals surface area contributed by atoms with Gasteiger partial charge < -0.3 is 10.1 Å². The Labute approximate surface area is 106 Å². The molecule has 0 amide bonds. The lowest BCUT2D eigenvalue weighted by molar-refractivity contribution is -0.0934. The molecule has 0 aromatic rings. The fraction of sp³-hybridized carbons (Fsp3) is 1.00. The summed E-state index contributed by atoms with van der Waals surface area (Å²) in [5.41, 5.74) is 0.216. The second-order valence-corrected chi connectivity index (χ2v) is 6.15. The van der Waals surface area contributed by atoms with E-state index in [0.29, 0.717) is 12.1 Å². The smallest absolute Gasteiger partial charge is 0.0730 e. The number of ether oxygens (including phenoxy) is 1. The van der Waals surface area contributed by atoms with Crippen molar-refractivity contribution in [2.24, 2.45) is 0 Å². The van der Waals surface area contributed by atoms with Gasteiger partial charge in [0.25, 0.3) is 0 Å². The van der Waals surface area contributed by atoms with Crippen LogP contribution in [0.25, 0.3) is 0 Å². The summed E-state index contributed by atoms with van der Waals surface area (Å²) < 4.78 is 5.92. The molecule has 2 aliphatic rings. The maximum absolute atomic E-state index is 5.92. The van der Waals surface area contributed by atoms with E-state index in [4.69, 9.17) is 4.74 Å². The fourth-order valence-electron chi connectivity index (χ4n) is 3.42. The van der Waals surface area contributed by atoms with Gasteiger partial charge in [-0.2, -0.15) is 0 Å². The van der Waals surface area contributed by atoms with E-state index < -0.39 is 0 Å². The number of rotatable bonds is 4. The van der Waals surface area contributed by atoms with Gasteiger partial charge in [0.15, 0.2) is 0 Å². The topological polar surface area (TPSA) is 24.5 Å². The molecule has 0 aromatic carbocycles. The van der Waals surface area contributed by atoms with Gasteiger partial charge in [-0.05, 0) is 33.2 Å². The van der Waals surface area contributed by atoms with Gasteiger partial charge in [-0.25, -0.2) is 0 Å². The minimum atomic E-state index is 0.216. The van der Waals surface area contributed by atoms with Crippen LogP contribution in [0.4, 0.5) is 0 Å². The molecule has 1 aliphatic carbocycles.